The Morgan fingerprint density at radius 1 is 1.17 bits per heavy atom. The lowest BCUT2D eigenvalue weighted by molar-refractivity contribution is -0.383. The topological polar surface area (TPSA) is 101 Å². The summed E-state index contributed by atoms with van der Waals surface area (Å²) in [4.78, 5) is 10.6. The Labute approximate surface area is 138 Å². The van der Waals surface area contributed by atoms with Gasteiger partial charge in [0.2, 0.25) is 10.0 Å². The molecule has 0 radical (unpaired) electrons. The van der Waals surface area contributed by atoms with Crippen molar-refractivity contribution in [1.29, 1.82) is 0 Å². The fraction of sp³-hybridized carbons (Fsp3) is 0.143. The van der Waals surface area contributed by atoms with Gasteiger partial charge in [-0.15, -0.1) is 0 Å². The monoisotopic (exact) mass is 355 g/mol. The molecule has 2 N–H and O–H groups in total. The molecule has 122 valence electrons. The van der Waals surface area contributed by atoms with Crippen molar-refractivity contribution in [2.75, 3.05) is 12.4 Å². The van der Waals surface area contributed by atoms with E-state index < -0.39 is 14.9 Å². The Morgan fingerprint density at radius 2 is 1.87 bits per heavy atom. The minimum atomic E-state index is -3.62. The van der Waals surface area contributed by atoms with Gasteiger partial charge in [0.05, 0.1) is 9.82 Å². The third-order valence-corrected chi connectivity index (χ3v) is 4.97. The van der Waals surface area contributed by atoms with Crippen LogP contribution in [0.3, 0.4) is 0 Å². The van der Waals surface area contributed by atoms with E-state index in [0.29, 0.717) is 11.3 Å². The number of rotatable bonds is 5. The van der Waals surface area contributed by atoms with Crippen LogP contribution in [-0.2, 0) is 10.0 Å². The Morgan fingerprint density at radius 3 is 2.48 bits per heavy atom. The summed E-state index contributed by atoms with van der Waals surface area (Å²) < 4.78 is 26.2. The molecule has 0 aliphatic carbocycles. The van der Waals surface area contributed by atoms with Crippen LogP contribution < -0.4 is 10.0 Å². The molecule has 0 saturated carbocycles. The number of nitrogens with one attached hydrogen (secondary N) is 2. The molecule has 0 spiro atoms. The Hall–Kier alpha value is -2.16. The standard InChI is InChI=1S/C14H14ClN3O4S/c1-9-3-5-11(8-14(9)23(21,22)16-2)17-12-6-4-10(15)7-13(12)18(19)20/h3-8,16-17H,1-2H3. The van der Waals surface area contributed by atoms with Gasteiger partial charge in [0.25, 0.3) is 5.69 Å². The smallest absolute Gasteiger partial charge is 0.294 e. The number of sulfonamides is 1. The molecule has 0 aliphatic rings. The van der Waals surface area contributed by atoms with Gasteiger partial charge in [0.15, 0.2) is 0 Å². The van der Waals surface area contributed by atoms with Crippen LogP contribution >= 0.6 is 11.6 Å². The highest BCUT2D eigenvalue weighted by Gasteiger charge is 2.18. The lowest BCUT2D eigenvalue weighted by atomic mass is 10.2. The van der Waals surface area contributed by atoms with Crippen LogP contribution in [0.25, 0.3) is 0 Å². The van der Waals surface area contributed by atoms with Crippen LogP contribution in [0.4, 0.5) is 17.1 Å². The highest BCUT2D eigenvalue weighted by Crippen LogP contribution is 2.31. The number of nitrogens with zero attached hydrogens (tertiary/aromatic N) is 1. The molecule has 0 unspecified atom stereocenters. The zero-order valence-corrected chi connectivity index (χ0v) is 13.9. The number of halogens is 1. The second kappa shape index (κ2) is 6.53. The van der Waals surface area contributed by atoms with Crippen molar-refractivity contribution >= 4 is 38.7 Å². The summed E-state index contributed by atoms with van der Waals surface area (Å²) >= 11 is 5.77. The molecule has 0 amide bonds. The van der Waals surface area contributed by atoms with Crippen LogP contribution in [0.1, 0.15) is 5.56 Å². The van der Waals surface area contributed by atoms with Crippen molar-refractivity contribution in [1.82, 2.24) is 4.72 Å². The van der Waals surface area contributed by atoms with Crippen LogP contribution in [0.5, 0.6) is 0 Å². The van der Waals surface area contributed by atoms with Gasteiger partial charge >= 0.3 is 0 Å². The number of anilines is 2. The van der Waals surface area contributed by atoms with Gasteiger partial charge in [0.1, 0.15) is 5.69 Å². The van der Waals surface area contributed by atoms with E-state index in [1.807, 2.05) is 0 Å². The Bertz CT molecular complexity index is 868. The molecule has 0 saturated heterocycles. The molecule has 0 aliphatic heterocycles. The SMILES string of the molecule is CNS(=O)(=O)c1cc(Nc2ccc(Cl)cc2[N+](=O)[O-])ccc1C. The van der Waals surface area contributed by atoms with E-state index in [2.05, 4.69) is 10.0 Å². The number of aryl methyl sites for hydroxylation is 1. The number of benzene rings is 2. The van der Waals surface area contributed by atoms with E-state index in [-0.39, 0.29) is 21.3 Å². The molecule has 0 bridgehead atoms. The third-order valence-electron chi connectivity index (χ3n) is 3.18. The summed E-state index contributed by atoms with van der Waals surface area (Å²) in [6.07, 6.45) is 0. The van der Waals surface area contributed by atoms with Crippen molar-refractivity contribution in [2.24, 2.45) is 0 Å². The summed E-state index contributed by atoms with van der Waals surface area (Å²) in [5.74, 6) is 0. The molecule has 0 fully saturated rings. The average molecular weight is 356 g/mol. The number of nitro benzene ring substituents is 1. The number of nitro groups is 1. The number of hydrogen-bond donors (Lipinski definition) is 2. The minimum Gasteiger partial charge on any atom is -0.350 e. The number of hydrogen-bond acceptors (Lipinski definition) is 5. The first kappa shape index (κ1) is 17.2. The van der Waals surface area contributed by atoms with E-state index >= 15 is 0 Å². The molecule has 0 atom stereocenters. The largest absolute Gasteiger partial charge is 0.350 e. The molecule has 7 nitrogen and oxygen atoms in total. The van der Waals surface area contributed by atoms with Crippen LogP contribution in [0.2, 0.25) is 5.02 Å². The van der Waals surface area contributed by atoms with Gasteiger partial charge in [-0.25, -0.2) is 13.1 Å². The fourth-order valence-electron chi connectivity index (χ4n) is 1.99. The van der Waals surface area contributed by atoms with Crippen molar-refractivity contribution < 1.29 is 13.3 Å². The Balaban J connectivity index is 2.47. The van der Waals surface area contributed by atoms with Crippen molar-refractivity contribution in [3.8, 4) is 0 Å². The summed E-state index contributed by atoms with van der Waals surface area (Å²) in [7, 11) is -2.30. The van der Waals surface area contributed by atoms with E-state index in [1.165, 1.54) is 31.3 Å². The molecular formula is C14H14ClN3O4S. The van der Waals surface area contributed by atoms with Gasteiger partial charge in [-0.1, -0.05) is 17.7 Å². The first-order valence-electron chi connectivity index (χ1n) is 6.50. The second-order valence-electron chi connectivity index (χ2n) is 4.73. The van der Waals surface area contributed by atoms with Crippen molar-refractivity contribution in [3.05, 3.63) is 57.1 Å². The third kappa shape index (κ3) is 3.79. The molecule has 9 heteroatoms. The van der Waals surface area contributed by atoms with Gasteiger partial charge in [-0.2, -0.15) is 0 Å². The van der Waals surface area contributed by atoms with Gasteiger partial charge in [-0.05, 0) is 43.8 Å². The molecule has 0 aromatic heterocycles. The minimum absolute atomic E-state index is 0.0987. The summed E-state index contributed by atoms with van der Waals surface area (Å²) in [5, 5.41) is 14.2. The van der Waals surface area contributed by atoms with Gasteiger partial charge in [-0.3, -0.25) is 10.1 Å². The van der Waals surface area contributed by atoms with Gasteiger partial charge in [0, 0.05) is 16.8 Å². The van der Waals surface area contributed by atoms with E-state index in [0.717, 1.165) is 0 Å². The lowest BCUT2D eigenvalue weighted by Crippen LogP contribution is -2.19. The lowest BCUT2D eigenvalue weighted by Gasteiger charge is -2.11. The summed E-state index contributed by atoms with van der Waals surface area (Å²) in [6.45, 7) is 1.67. The maximum absolute atomic E-state index is 12.0. The van der Waals surface area contributed by atoms with E-state index in [4.69, 9.17) is 11.6 Å². The molecule has 2 rings (SSSR count). The van der Waals surface area contributed by atoms with Crippen molar-refractivity contribution in [3.63, 3.8) is 0 Å². The Kier molecular flexibility index (Phi) is 4.88. The zero-order valence-electron chi connectivity index (χ0n) is 12.3. The van der Waals surface area contributed by atoms with Gasteiger partial charge < -0.3 is 5.32 Å². The molecule has 2 aromatic rings. The second-order valence-corrected chi connectivity index (χ2v) is 7.02. The summed E-state index contributed by atoms with van der Waals surface area (Å²) in [5.41, 5.74) is 0.998. The molecule has 2 aromatic carbocycles. The molecule has 0 heterocycles. The molecule has 23 heavy (non-hydrogen) atoms. The van der Waals surface area contributed by atoms with Crippen molar-refractivity contribution in [2.45, 2.75) is 11.8 Å². The maximum atomic E-state index is 12.0. The van der Waals surface area contributed by atoms with E-state index in [1.54, 1.807) is 19.1 Å². The molecular weight excluding hydrogens is 342 g/mol. The van der Waals surface area contributed by atoms with Crippen LogP contribution in [-0.4, -0.2) is 20.4 Å². The van der Waals surface area contributed by atoms with Crippen LogP contribution in [0.15, 0.2) is 41.3 Å². The van der Waals surface area contributed by atoms with E-state index in [9.17, 15) is 18.5 Å². The first-order chi connectivity index (χ1) is 10.7. The predicted octanol–water partition coefficient (Wildman–Crippen LogP) is 3.21. The zero-order chi connectivity index (χ0) is 17.2. The predicted molar refractivity (Wildman–Crippen MR) is 88.8 cm³/mol. The highest BCUT2D eigenvalue weighted by atomic mass is 35.5. The summed E-state index contributed by atoms with van der Waals surface area (Å²) in [6, 6.07) is 8.88. The highest BCUT2D eigenvalue weighted by molar-refractivity contribution is 7.89. The normalized spacial score (nSPS) is 11.3. The first-order valence-corrected chi connectivity index (χ1v) is 8.36. The average Bonchev–Trinajstić information content (AvgIpc) is 2.50. The quantitative estimate of drug-likeness (QED) is 0.633. The maximum Gasteiger partial charge on any atom is 0.294 e. The van der Waals surface area contributed by atoms with Crippen LogP contribution in [0, 0.1) is 17.0 Å². The fourth-order valence-corrected chi connectivity index (χ4v) is 3.15.